The third-order valence-corrected chi connectivity index (χ3v) is 4.62. The molecular weight excluding hydrogens is 416 g/mol. The number of benzene rings is 2. The van der Waals surface area contributed by atoms with Crippen molar-refractivity contribution in [2.75, 3.05) is 12.4 Å². The molecule has 2 aromatic carbocycles. The molecule has 2 aromatic rings. The van der Waals surface area contributed by atoms with E-state index in [1.807, 2.05) is 0 Å². The van der Waals surface area contributed by atoms with E-state index in [0.29, 0.717) is 5.69 Å². The number of rotatable bonds is 4. The highest BCUT2D eigenvalue weighted by Gasteiger charge is 2.33. The van der Waals surface area contributed by atoms with Gasteiger partial charge < -0.3 is 10.1 Å². The summed E-state index contributed by atoms with van der Waals surface area (Å²) in [6.07, 6.45) is -1.05. The molecule has 1 N–H and O–H groups in total. The van der Waals surface area contributed by atoms with Gasteiger partial charge in [-0.05, 0) is 49.4 Å². The van der Waals surface area contributed by atoms with Gasteiger partial charge >= 0.3 is 5.97 Å². The van der Waals surface area contributed by atoms with E-state index in [4.69, 9.17) is 4.74 Å². The molecule has 1 aliphatic heterocycles. The van der Waals surface area contributed by atoms with Crippen molar-refractivity contribution in [1.29, 1.82) is 0 Å². The van der Waals surface area contributed by atoms with Gasteiger partial charge in [-0.3, -0.25) is 19.3 Å². The Morgan fingerprint density at radius 3 is 2.33 bits per heavy atom. The minimum Gasteiger partial charge on any atom is -0.449 e. The number of hydrogen-bond acceptors (Lipinski definition) is 5. The van der Waals surface area contributed by atoms with Crippen molar-refractivity contribution in [2.45, 2.75) is 13.0 Å². The first-order chi connectivity index (χ1) is 12.8. The number of amides is 3. The molecule has 1 heterocycles. The number of nitrogens with one attached hydrogen (secondary N) is 1. The predicted octanol–water partition coefficient (Wildman–Crippen LogP) is 2.86. The second-order valence-corrected chi connectivity index (χ2v) is 6.89. The maximum Gasteiger partial charge on any atom is 0.338 e. The Balaban J connectivity index is 1.68. The molecular formula is C19H15BrN2O5. The summed E-state index contributed by atoms with van der Waals surface area (Å²) >= 11 is 3.30. The molecule has 0 fully saturated rings. The van der Waals surface area contributed by atoms with Crippen LogP contribution in [-0.4, -0.2) is 41.7 Å². The fraction of sp³-hybridized carbons (Fsp3) is 0.158. The zero-order valence-corrected chi connectivity index (χ0v) is 16.1. The maximum atomic E-state index is 12.3. The van der Waals surface area contributed by atoms with Crippen LogP contribution in [-0.2, 0) is 9.53 Å². The van der Waals surface area contributed by atoms with Gasteiger partial charge in [0, 0.05) is 17.2 Å². The summed E-state index contributed by atoms with van der Waals surface area (Å²) in [7, 11) is 1.37. The number of anilines is 1. The van der Waals surface area contributed by atoms with Gasteiger partial charge in [-0.25, -0.2) is 4.79 Å². The van der Waals surface area contributed by atoms with Crippen LogP contribution >= 0.6 is 15.9 Å². The normalized spacial score (nSPS) is 14.0. The van der Waals surface area contributed by atoms with E-state index in [1.165, 1.54) is 32.2 Å². The van der Waals surface area contributed by atoms with Crippen LogP contribution in [0.2, 0.25) is 0 Å². The molecule has 3 rings (SSSR count). The molecule has 0 saturated heterocycles. The van der Waals surface area contributed by atoms with E-state index >= 15 is 0 Å². The second-order valence-electron chi connectivity index (χ2n) is 5.97. The van der Waals surface area contributed by atoms with Crippen LogP contribution in [0.3, 0.4) is 0 Å². The summed E-state index contributed by atoms with van der Waals surface area (Å²) in [6, 6.07) is 11.1. The molecule has 1 unspecified atom stereocenters. The van der Waals surface area contributed by atoms with Crippen molar-refractivity contribution in [2.24, 2.45) is 0 Å². The Bertz CT molecular complexity index is 955. The lowest BCUT2D eigenvalue weighted by Crippen LogP contribution is -2.30. The summed E-state index contributed by atoms with van der Waals surface area (Å²) < 4.78 is 6.04. The van der Waals surface area contributed by atoms with Crippen LogP contribution in [0.1, 0.15) is 38.0 Å². The van der Waals surface area contributed by atoms with Crippen LogP contribution < -0.4 is 5.32 Å². The Hall–Kier alpha value is -3.00. The monoisotopic (exact) mass is 430 g/mol. The largest absolute Gasteiger partial charge is 0.449 e. The molecule has 7 nitrogen and oxygen atoms in total. The van der Waals surface area contributed by atoms with Gasteiger partial charge in [-0.2, -0.15) is 0 Å². The van der Waals surface area contributed by atoms with Gasteiger partial charge in [0.25, 0.3) is 17.7 Å². The number of carbonyl (C=O) groups is 4. The summed E-state index contributed by atoms with van der Waals surface area (Å²) in [6.45, 7) is 1.45. The lowest BCUT2D eigenvalue weighted by molar-refractivity contribution is -0.123. The Labute approximate surface area is 163 Å². The van der Waals surface area contributed by atoms with Crippen molar-refractivity contribution in [3.63, 3.8) is 0 Å². The van der Waals surface area contributed by atoms with Crippen molar-refractivity contribution >= 4 is 45.3 Å². The van der Waals surface area contributed by atoms with E-state index in [9.17, 15) is 19.2 Å². The zero-order valence-electron chi connectivity index (χ0n) is 14.5. The third-order valence-electron chi connectivity index (χ3n) is 4.09. The quantitative estimate of drug-likeness (QED) is 0.594. The summed E-state index contributed by atoms with van der Waals surface area (Å²) in [5.41, 5.74) is 1.04. The lowest BCUT2D eigenvalue weighted by atomic mass is 10.1. The fourth-order valence-electron chi connectivity index (χ4n) is 2.55. The lowest BCUT2D eigenvalue weighted by Gasteiger charge is -2.14. The number of imide groups is 1. The number of nitrogens with zero attached hydrogens (tertiary/aromatic N) is 1. The molecule has 3 amide bonds. The standard InChI is InChI=1S/C19H15BrN2O5/c1-10(16(23)21-13-6-4-12(20)5-7-13)27-19(26)11-3-8-14-15(9-11)18(25)22(2)17(14)24/h3-10H,1-2H3,(H,21,23). The van der Waals surface area contributed by atoms with Crippen molar-refractivity contribution in [3.05, 3.63) is 63.6 Å². The predicted molar refractivity (Wildman–Crippen MR) is 101 cm³/mol. The maximum absolute atomic E-state index is 12.3. The first-order valence-corrected chi connectivity index (χ1v) is 8.81. The average molecular weight is 431 g/mol. The van der Waals surface area contributed by atoms with Crippen LogP contribution in [0, 0.1) is 0 Å². The van der Waals surface area contributed by atoms with E-state index < -0.39 is 29.8 Å². The summed E-state index contributed by atoms with van der Waals surface area (Å²) in [5.74, 6) is -2.15. The number of esters is 1. The molecule has 0 bridgehead atoms. The molecule has 1 aliphatic rings. The number of fused-ring (bicyclic) bond motifs is 1. The van der Waals surface area contributed by atoms with E-state index in [0.717, 1.165) is 9.37 Å². The average Bonchev–Trinajstić information content (AvgIpc) is 2.87. The first-order valence-electron chi connectivity index (χ1n) is 8.02. The molecule has 0 saturated carbocycles. The van der Waals surface area contributed by atoms with E-state index in [2.05, 4.69) is 21.2 Å². The van der Waals surface area contributed by atoms with Gasteiger partial charge in [0.2, 0.25) is 0 Å². The molecule has 0 aromatic heterocycles. The van der Waals surface area contributed by atoms with Crippen LogP contribution in [0.4, 0.5) is 5.69 Å². The topological polar surface area (TPSA) is 92.8 Å². The second kappa shape index (κ2) is 7.32. The zero-order chi connectivity index (χ0) is 19.7. The van der Waals surface area contributed by atoms with Gasteiger partial charge in [0.05, 0.1) is 16.7 Å². The Morgan fingerprint density at radius 2 is 1.67 bits per heavy atom. The van der Waals surface area contributed by atoms with Gasteiger partial charge in [-0.15, -0.1) is 0 Å². The van der Waals surface area contributed by atoms with Gasteiger partial charge in [0.1, 0.15) is 0 Å². The number of carbonyl (C=O) groups excluding carboxylic acids is 4. The third kappa shape index (κ3) is 3.75. The molecule has 0 aliphatic carbocycles. The Kier molecular flexibility index (Phi) is 5.09. The fourth-order valence-corrected chi connectivity index (χ4v) is 2.81. The number of ether oxygens (including phenoxy) is 1. The molecule has 27 heavy (non-hydrogen) atoms. The molecule has 0 radical (unpaired) electrons. The number of halogens is 1. The minimum absolute atomic E-state index is 0.0912. The highest BCUT2D eigenvalue weighted by Crippen LogP contribution is 2.23. The van der Waals surface area contributed by atoms with Gasteiger partial charge in [0.15, 0.2) is 6.10 Å². The van der Waals surface area contributed by atoms with Crippen molar-refractivity contribution < 1.29 is 23.9 Å². The molecule has 8 heteroatoms. The van der Waals surface area contributed by atoms with Crippen LogP contribution in [0.25, 0.3) is 0 Å². The van der Waals surface area contributed by atoms with Crippen LogP contribution in [0.5, 0.6) is 0 Å². The number of hydrogen-bond donors (Lipinski definition) is 1. The van der Waals surface area contributed by atoms with Crippen LogP contribution in [0.15, 0.2) is 46.9 Å². The van der Waals surface area contributed by atoms with Crippen molar-refractivity contribution in [3.8, 4) is 0 Å². The van der Waals surface area contributed by atoms with E-state index in [1.54, 1.807) is 24.3 Å². The first kappa shape index (κ1) is 18.8. The van der Waals surface area contributed by atoms with E-state index in [-0.39, 0.29) is 16.7 Å². The minimum atomic E-state index is -1.05. The highest BCUT2D eigenvalue weighted by atomic mass is 79.9. The summed E-state index contributed by atoms with van der Waals surface area (Å²) in [5, 5.41) is 2.64. The molecule has 0 spiro atoms. The SMILES string of the molecule is CC(OC(=O)c1ccc2c(c1)C(=O)N(C)C2=O)C(=O)Nc1ccc(Br)cc1. The molecule has 1 atom stereocenters. The molecule has 138 valence electrons. The van der Waals surface area contributed by atoms with Crippen molar-refractivity contribution in [1.82, 2.24) is 4.90 Å². The highest BCUT2D eigenvalue weighted by molar-refractivity contribution is 9.10. The smallest absolute Gasteiger partial charge is 0.338 e. The Morgan fingerprint density at radius 1 is 1.04 bits per heavy atom. The summed E-state index contributed by atoms with van der Waals surface area (Å²) in [4.78, 5) is 49.4. The van der Waals surface area contributed by atoms with Gasteiger partial charge in [-0.1, -0.05) is 15.9 Å².